The van der Waals surface area contributed by atoms with E-state index in [0.29, 0.717) is 0 Å². The molecule has 6 heteroatoms. The van der Waals surface area contributed by atoms with E-state index in [1.807, 2.05) is 44.2 Å². The van der Waals surface area contributed by atoms with E-state index in [9.17, 15) is 9.59 Å². The van der Waals surface area contributed by atoms with Crippen molar-refractivity contribution in [3.05, 3.63) is 35.9 Å². The molecule has 0 unspecified atom stereocenters. The Morgan fingerprint density at radius 2 is 1.76 bits per heavy atom. The molecule has 0 aliphatic heterocycles. The van der Waals surface area contributed by atoms with Crippen molar-refractivity contribution in [3.63, 3.8) is 0 Å². The van der Waals surface area contributed by atoms with Crippen molar-refractivity contribution < 1.29 is 19.1 Å². The molecule has 0 aliphatic rings. The molecule has 1 aromatic carbocycles. The summed E-state index contributed by atoms with van der Waals surface area (Å²) in [5.41, 5.74) is 6.46. The molecule has 0 bridgehead atoms. The average molecular weight is 350 g/mol. The number of alkyl carbamates (subject to hydrolysis) is 1. The standard InChI is InChI=1S/C19H30N2O4/c1-13(2)17(15(20)11-16(22)25-19(3,4)5)21-18(23)24-12-14-9-7-6-8-10-14/h6-10,13,15,17H,11-12,20H2,1-5H3,(H,21,23)/t15-,17-/m0/s1. The fourth-order valence-electron chi connectivity index (χ4n) is 2.37. The molecule has 0 saturated carbocycles. The van der Waals surface area contributed by atoms with Crippen molar-refractivity contribution in [2.24, 2.45) is 11.7 Å². The van der Waals surface area contributed by atoms with Crippen LogP contribution < -0.4 is 11.1 Å². The zero-order valence-corrected chi connectivity index (χ0v) is 15.7. The van der Waals surface area contributed by atoms with Crippen molar-refractivity contribution >= 4 is 12.1 Å². The van der Waals surface area contributed by atoms with Crippen LogP contribution in [0.5, 0.6) is 0 Å². The minimum Gasteiger partial charge on any atom is -0.460 e. The number of carbonyl (C=O) groups excluding carboxylic acids is 2. The quantitative estimate of drug-likeness (QED) is 0.738. The van der Waals surface area contributed by atoms with Crippen LogP contribution in [0.4, 0.5) is 4.79 Å². The van der Waals surface area contributed by atoms with E-state index in [0.717, 1.165) is 5.56 Å². The molecule has 0 fully saturated rings. The number of hydrogen-bond acceptors (Lipinski definition) is 5. The van der Waals surface area contributed by atoms with Crippen LogP contribution in [-0.2, 0) is 20.9 Å². The smallest absolute Gasteiger partial charge is 0.407 e. The summed E-state index contributed by atoms with van der Waals surface area (Å²) in [6.07, 6.45) is -0.527. The minimum absolute atomic E-state index is 0.0269. The largest absolute Gasteiger partial charge is 0.460 e. The Kier molecular flexibility index (Phi) is 7.90. The summed E-state index contributed by atoms with van der Waals surface area (Å²) in [4.78, 5) is 24.0. The van der Waals surface area contributed by atoms with Crippen LogP contribution in [0.3, 0.4) is 0 Å². The minimum atomic E-state index is -0.563. The predicted octanol–water partition coefficient (Wildman–Crippen LogP) is 3.00. The summed E-state index contributed by atoms with van der Waals surface area (Å²) < 4.78 is 10.5. The Hall–Kier alpha value is -2.08. The van der Waals surface area contributed by atoms with Gasteiger partial charge in [0.05, 0.1) is 12.5 Å². The van der Waals surface area contributed by atoms with E-state index in [4.69, 9.17) is 15.2 Å². The van der Waals surface area contributed by atoms with Gasteiger partial charge in [0.1, 0.15) is 12.2 Å². The highest BCUT2D eigenvalue weighted by Crippen LogP contribution is 2.13. The molecule has 140 valence electrons. The van der Waals surface area contributed by atoms with Crippen LogP contribution in [0.25, 0.3) is 0 Å². The lowest BCUT2D eigenvalue weighted by atomic mass is 9.95. The number of ether oxygens (including phenoxy) is 2. The van der Waals surface area contributed by atoms with Gasteiger partial charge < -0.3 is 20.5 Å². The molecule has 0 aliphatic carbocycles. The molecular weight excluding hydrogens is 320 g/mol. The second-order valence-corrected chi connectivity index (χ2v) is 7.43. The third kappa shape index (κ3) is 8.54. The van der Waals surface area contributed by atoms with Crippen LogP contribution in [0.1, 0.15) is 46.6 Å². The lowest BCUT2D eigenvalue weighted by Gasteiger charge is -2.28. The Balaban J connectivity index is 2.54. The molecule has 1 rings (SSSR count). The number of rotatable bonds is 7. The summed E-state index contributed by atoms with van der Waals surface area (Å²) in [5, 5.41) is 2.76. The van der Waals surface area contributed by atoms with Gasteiger partial charge in [-0.15, -0.1) is 0 Å². The van der Waals surface area contributed by atoms with Crippen LogP contribution in [-0.4, -0.2) is 29.7 Å². The maximum absolute atomic E-state index is 12.0. The molecule has 6 nitrogen and oxygen atoms in total. The van der Waals surface area contributed by atoms with Gasteiger partial charge in [-0.05, 0) is 32.3 Å². The molecule has 0 spiro atoms. The molecule has 1 amide bonds. The van der Waals surface area contributed by atoms with Crippen molar-refractivity contribution in [2.75, 3.05) is 0 Å². The van der Waals surface area contributed by atoms with Gasteiger partial charge in [0.2, 0.25) is 0 Å². The first-order valence-corrected chi connectivity index (χ1v) is 8.53. The molecule has 2 atom stereocenters. The lowest BCUT2D eigenvalue weighted by molar-refractivity contribution is -0.155. The Labute approximate surface area is 150 Å². The highest BCUT2D eigenvalue weighted by molar-refractivity contribution is 5.71. The van der Waals surface area contributed by atoms with E-state index < -0.39 is 23.8 Å². The number of benzene rings is 1. The zero-order valence-electron chi connectivity index (χ0n) is 15.7. The lowest BCUT2D eigenvalue weighted by Crippen LogP contribution is -2.51. The fourth-order valence-corrected chi connectivity index (χ4v) is 2.37. The van der Waals surface area contributed by atoms with Crippen molar-refractivity contribution in [3.8, 4) is 0 Å². The normalized spacial score (nSPS) is 13.9. The van der Waals surface area contributed by atoms with Gasteiger partial charge in [0, 0.05) is 6.04 Å². The highest BCUT2D eigenvalue weighted by atomic mass is 16.6. The van der Waals surface area contributed by atoms with Crippen molar-refractivity contribution in [2.45, 2.75) is 65.3 Å². The fraction of sp³-hybridized carbons (Fsp3) is 0.579. The molecule has 0 radical (unpaired) electrons. The molecule has 25 heavy (non-hydrogen) atoms. The van der Waals surface area contributed by atoms with E-state index >= 15 is 0 Å². The van der Waals surface area contributed by atoms with Crippen LogP contribution >= 0.6 is 0 Å². The highest BCUT2D eigenvalue weighted by Gasteiger charge is 2.28. The first kappa shape index (κ1) is 21.0. The topological polar surface area (TPSA) is 90.6 Å². The summed E-state index contributed by atoms with van der Waals surface area (Å²) >= 11 is 0. The maximum Gasteiger partial charge on any atom is 0.407 e. The third-order valence-corrected chi connectivity index (χ3v) is 3.50. The number of esters is 1. The monoisotopic (exact) mass is 350 g/mol. The number of hydrogen-bond donors (Lipinski definition) is 2. The maximum atomic E-state index is 12.0. The Bertz CT molecular complexity index is 552. The van der Waals surface area contributed by atoms with Gasteiger partial charge in [0.25, 0.3) is 0 Å². The van der Waals surface area contributed by atoms with E-state index in [2.05, 4.69) is 5.32 Å². The van der Waals surface area contributed by atoms with Crippen LogP contribution in [0.2, 0.25) is 0 Å². The van der Waals surface area contributed by atoms with E-state index in [1.165, 1.54) is 0 Å². The van der Waals surface area contributed by atoms with Gasteiger partial charge in [0.15, 0.2) is 0 Å². The SMILES string of the molecule is CC(C)[C@H](NC(=O)OCc1ccccc1)[C@@H](N)CC(=O)OC(C)(C)C. The summed E-state index contributed by atoms with van der Waals surface area (Å²) in [5.74, 6) is -0.341. The summed E-state index contributed by atoms with van der Waals surface area (Å²) in [6.45, 7) is 9.44. The molecule has 0 aromatic heterocycles. The van der Waals surface area contributed by atoms with Gasteiger partial charge in [-0.1, -0.05) is 44.2 Å². The van der Waals surface area contributed by atoms with Crippen LogP contribution in [0, 0.1) is 5.92 Å². The first-order valence-electron chi connectivity index (χ1n) is 8.53. The van der Waals surface area contributed by atoms with E-state index in [-0.39, 0.29) is 24.9 Å². The Morgan fingerprint density at radius 1 is 1.16 bits per heavy atom. The first-order chi connectivity index (χ1) is 11.6. The zero-order chi connectivity index (χ0) is 19.0. The van der Waals surface area contributed by atoms with Gasteiger partial charge in [-0.2, -0.15) is 0 Å². The Morgan fingerprint density at radius 3 is 2.28 bits per heavy atom. The second-order valence-electron chi connectivity index (χ2n) is 7.43. The predicted molar refractivity (Wildman–Crippen MR) is 96.8 cm³/mol. The average Bonchev–Trinajstić information content (AvgIpc) is 2.49. The van der Waals surface area contributed by atoms with E-state index in [1.54, 1.807) is 20.8 Å². The number of amides is 1. The van der Waals surface area contributed by atoms with Crippen molar-refractivity contribution in [1.82, 2.24) is 5.32 Å². The third-order valence-electron chi connectivity index (χ3n) is 3.50. The van der Waals surface area contributed by atoms with Gasteiger partial charge in [-0.25, -0.2) is 4.79 Å². The summed E-state index contributed by atoms with van der Waals surface area (Å²) in [6, 6.07) is 8.46. The number of carbonyl (C=O) groups is 2. The van der Waals surface area contributed by atoms with Gasteiger partial charge >= 0.3 is 12.1 Å². The van der Waals surface area contributed by atoms with Gasteiger partial charge in [-0.3, -0.25) is 4.79 Å². The number of nitrogens with one attached hydrogen (secondary N) is 1. The second kappa shape index (κ2) is 9.42. The summed E-state index contributed by atoms with van der Waals surface area (Å²) in [7, 11) is 0. The molecular formula is C19H30N2O4. The molecule has 1 aromatic rings. The molecule has 3 N–H and O–H groups in total. The van der Waals surface area contributed by atoms with Crippen LogP contribution in [0.15, 0.2) is 30.3 Å². The molecule has 0 heterocycles. The number of nitrogens with two attached hydrogens (primary N) is 1. The molecule has 0 saturated heterocycles. The van der Waals surface area contributed by atoms with Crippen molar-refractivity contribution in [1.29, 1.82) is 0 Å².